The smallest absolute Gasteiger partial charge is 0.339 e. The molecule has 0 aliphatic heterocycles. The molecule has 0 spiro atoms. The Kier molecular flexibility index (Phi) is 6.13. The SMILES string of the molecule is CCN(Cc1cccc(F)c1)C(=O)COC(=O)c1cccc2c1C(=O)c1ccccc1C2=O. The van der Waals surface area contributed by atoms with Gasteiger partial charge in [0.25, 0.3) is 5.91 Å². The van der Waals surface area contributed by atoms with E-state index in [-0.39, 0.29) is 40.1 Å². The van der Waals surface area contributed by atoms with Crippen molar-refractivity contribution in [3.8, 4) is 0 Å². The molecule has 0 radical (unpaired) electrons. The summed E-state index contributed by atoms with van der Waals surface area (Å²) in [6.07, 6.45) is 0. The number of carbonyl (C=O) groups is 4. The van der Waals surface area contributed by atoms with Gasteiger partial charge >= 0.3 is 5.97 Å². The van der Waals surface area contributed by atoms with Crippen molar-refractivity contribution in [1.29, 1.82) is 0 Å². The van der Waals surface area contributed by atoms with E-state index in [1.165, 1.54) is 41.3 Å². The lowest BCUT2D eigenvalue weighted by Gasteiger charge is -2.22. The Bertz CT molecular complexity index is 1280. The predicted octanol–water partition coefficient (Wildman–Crippen LogP) is 3.81. The van der Waals surface area contributed by atoms with Gasteiger partial charge in [-0.05, 0) is 30.7 Å². The van der Waals surface area contributed by atoms with Gasteiger partial charge in [0, 0.05) is 35.3 Å². The number of halogens is 1. The third kappa shape index (κ3) is 4.30. The quantitative estimate of drug-likeness (QED) is 0.422. The van der Waals surface area contributed by atoms with Crippen molar-refractivity contribution in [2.75, 3.05) is 13.2 Å². The van der Waals surface area contributed by atoms with Crippen LogP contribution in [0.5, 0.6) is 0 Å². The van der Waals surface area contributed by atoms with E-state index in [2.05, 4.69) is 0 Å². The van der Waals surface area contributed by atoms with Gasteiger partial charge in [-0.25, -0.2) is 9.18 Å². The van der Waals surface area contributed by atoms with Crippen LogP contribution in [0.4, 0.5) is 4.39 Å². The summed E-state index contributed by atoms with van der Waals surface area (Å²) in [6.45, 7) is 1.70. The number of hydrogen-bond donors (Lipinski definition) is 0. The molecule has 3 aromatic carbocycles. The third-order valence-corrected chi connectivity index (χ3v) is 5.50. The Morgan fingerprint density at radius 1 is 0.879 bits per heavy atom. The standard InChI is InChI=1S/C26H20FNO5/c1-2-28(14-16-7-5-8-17(27)13-16)22(29)15-33-26(32)21-12-6-11-20-23(21)25(31)19-10-4-3-9-18(19)24(20)30/h3-13H,2,14-15H2,1H3. The van der Waals surface area contributed by atoms with Crippen LogP contribution in [-0.4, -0.2) is 41.5 Å². The number of esters is 1. The number of carbonyl (C=O) groups excluding carboxylic acids is 4. The lowest BCUT2D eigenvalue weighted by molar-refractivity contribution is -0.134. The molecule has 0 saturated carbocycles. The van der Waals surface area contributed by atoms with Gasteiger partial charge in [0.2, 0.25) is 0 Å². The van der Waals surface area contributed by atoms with Gasteiger partial charge in [-0.3, -0.25) is 14.4 Å². The zero-order chi connectivity index (χ0) is 23.5. The molecule has 3 aromatic rings. The van der Waals surface area contributed by atoms with Gasteiger partial charge in [0.05, 0.1) is 5.56 Å². The molecule has 0 fully saturated rings. The van der Waals surface area contributed by atoms with E-state index in [9.17, 15) is 23.6 Å². The highest BCUT2D eigenvalue weighted by Crippen LogP contribution is 2.29. The van der Waals surface area contributed by atoms with E-state index in [1.54, 1.807) is 37.3 Å². The van der Waals surface area contributed by atoms with Crippen molar-refractivity contribution in [3.63, 3.8) is 0 Å². The summed E-state index contributed by atoms with van der Waals surface area (Å²) in [5.41, 5.74) is 1.15. The number of nitrogens with zero attached hydrogens (tertiary/aromatic N) is 1. The van der Waals surface area contributed by atoms with Crippen LogP contribution in [0.1, 0.15) is 54.7 Å². The fourth-order valence-corrected chi connectivity index (χ4v) is 3.84. The Hall–Kier alpha value is -4.13. The zero-order valence-corrected chi connectivity index (χ0v) is 17.8. The molecule has 0 saturated heterocycles. The van der Waals surface area contributed by atoms with Gasteiger partial charge in [0.15, 0.2) is 18.2 Å². The van der Waals surface area contributed by atoms with Crippen molar-refractivity contribution in [2.45, 2.75) is 13.5 Å². The highest BCUT2D eigenvalue weighted by molar-refractivity contribution is 6.30. The topological polar surface area (TPSA) is 80.8 Å². The number of amides is 1. The molecule has 0 N–H and O–H groups in total. The lowest BCUT2D eigenvalue weighted by atomic mass is 9.82. The molecule has 0 atom stereocenters. The molecule has 33 heavy (non-hydrogen) atoms. The first-order chi connectivity index (χ1) is 15.9. The average Bonchev–Trinajstić information content (AvgIpc) is 2.83. The molecule has 1 aliphatic carbocycles. The number of ketones is 2. The molecule has 1 amide bonds. The average molecular weight is 445 g/mol. The normalized spacial score (nSPS) is 12.1. The van der Waals surface area contributed by atoms with Crippen LogP contribution >= 0.6 is 0 Å². The van der Waals surface area contributed by atoms with Gasteiger partial charge in [-0.1, -0.05) is 48.5 Å². The maximum atomic E-state index is 13.4. The number of fused-ring (bicyclic) bond motifs is 2. The molecule has 0 bridgehead atoms. The minimum Gasteiger partial charge on any atom is -0.452 e. The van der Waals surface area contributed by atoms with E-state index in [0.29, 0.717) is 12.1 Å². The molecule has 7 heteroatoms. The molecule has 166 valence electrons. The maximum absolute atomic E-state index is 13.4. The number of benzene rings is 3. The number of likely N-dealkylation sites (N-methyl/N-ethyl adjacent to an activating group) is 1. The molecular formula is C26H20FNO5. The second-order valence-corrected chi connectivity index (χ2v) is 7.55. The van der Waals surface area contributed by atoms with Crippen LogP contribution in [0.3, 0.4) is 0 Å². The largest absolute Gasteiger partial charge is 0.452 e. The monoisotopic (exact) mass is 445 g/mol. The van der Waals surface area contributed by atoms with Gasteiger partial charge in [-0.15, -0.1) is 0 Å². The summed E-state index contributed by atoms with van der Waals surface area (Å²) >= 11 is 0. The van der Waals surface area contributed by atoms with Crippen LogP contribution in [0.25, 0.3) is 0 Å². The highest BCUT2D eigenvalue weighted by Gasteiger charge is 2.33. The van der Waals surface area contributed by atoms with Crippen molar-refractivity contribution in [2.24, 2.45) is 0 Å². The Morgan fingerprint density at radius 3 is 2.24 bits per heavy atom. The molecule has 4 rings (SSSR count). The van der Waals surface area contributed by atoms with Crippen LogP contribution in [0.15, 0.2) is 66.7 Å². The molecule has 0 unspecified atom stereocenters. The molecule has 0 aromatic heterocycles. The van der Waals surface area contributed by atoms with Crippen LogP contribution in [-0.2, 0) is 16.1 Å². The maximum Gasteiger partial charge on any atom is 0.339 e. The third-order valence-electron chi connectivity index (χ3n) is 5.50. The Morgan fingerprint density at radius 2 is 1.55 bits per heavy atom. The fraction of sp³-hybridized carbons (Fsp3) is 0.154. The summed E-state index contributed by atoms with van der Waals surface area (Å²) in [5, 5.41) is 0. The molecular weight excluding hydrogens is 425 g/mol. The minimum atomic E-state index is -0.873. The Labute approximate surface area is 189 Å². The number of rotatable bonds is 6. The van der Waals surface area contributed by atoms with E-state index in [1.807, 2.05) is 0 Å². The second-order valence-electron chi connectivity index (χ2n) is 7.55. The summed E-state index contributed by atoms with van der Waals surface area (Å²) in [7, 11) is 0. The van der Waals surface area contributed by atoms with E-state index >= 15 is 0 Å². The first kappa shape index (κ1) is 22.1. The highest BCUT2D eigenvalue weighted by atomic mass is 19.1. The zero-order valence-electron chi connectivity index (χ0n) is 17.8. The minimum absolute atomic E-state index is 0.0224. The number of ether oxygens (including phenoxy) is 1. The molecule has 0 heterocycles. The van der Waals surface area contributed by atoms with Gasteiger partial charge < -0.3 is 9.64 Å². The van der Waals surface area contributed by atoms with E-state index in [4.69, 9.17) is 4.74 Å². The Balaban J connectivity index is 1.51. The van der Waals surface area contributed by atoms with Gasteiger partial charge in [-0.2, -0.15) is 0 Å². The first-order valence-electron chi connectivity index (χ1n) is 10.4. The van der Waals surface area contributed by atoms with Crippen LogP contribution in [0.2, 0.25) is 0 Å². The van der Waals surface area contributed by atoms with Crippen molar-refractivity contribution < 1.29 is 28.3 Å². The predicted molar refractivity (Wildman–Crippen MR) is 118 cm³/mol. The fourth-order valence-electron chi connectivity index (χ4n) is 3.84. The van der Waals surface area contributed by atoms with Gasteiger partial charge in [0.1, 0.15) is 5.82 Å². The van der Waals surface area contributed by atoms with E-state index < -0.39 is 30.1 Å². The number of hydrogen-bond acceptors (Lipinski definition) is 5. The lowest BCUT2D eigenvalue weighted by Crippen LogP contribution is -2.34. The van der Waals surface area contributed by atoms with Crippen LogP contribution < -0.4 is 0 Å². The van der Waals surface area contributed by atoms with Crippen molar-refractivity contribution >= 4 is 23.4 Å². The van der Waals surface area contributed by atoms with Crippen LogP contribution in [0, 0.1) is 5.82 Å². The summed E-state index contributed by atoms with van der Waals surface area (Å²) in [5.74, 6) is -2.54. The summed E-state index contributed by atoms with van der Waals surface area (Å²) < 4.78 is 18.6. The van der Waals surface area contributed by atoms with Crippen molar-refractivity contribution in [1.82, 2.24) is 4.90 Å². The molecule has 6 nitrogen and oxygen atoms in total. The second kappa shape index (κ2) is 9.16. The summed E-state index contributed by atoms with van der Waals surface area (Å²) in [6, 6.07) is 16.7. The molecule has 1 aliphatic rings. The van der Waals surface area contributed by atoms with Crippen molar-refractivity contribution in [3.05, 3.63) is 106 Å². The summed E-state index contributed by atoms with van der Waals surface area (Å²) in [4.78, 5) is 52.7. The van der Waals surface area contributed by atoms with E-state index in [0.717, 1.165) is 0 Å². The first-order valence-corrected chi connectivity index (χ1v) is 10.4.